The number of anilines is 1. The third-order valence-electron chi connectivity index (χ3n) is 3.44. The van der Waals surface area contributed by atoms with Crippen molar-refractivity contribution in [2.75, 3.05) is 25.0 Å². The highest BCUT2D eigenvalue weighted by molar-refractivity contribution is 5.91. The van der Waals surface area contributed by atoms with Crippen molar-refractivity contribution >= 4 is 11.6 Å². The van der Waals surface area contributed by atoms with Crippen molar-refractivity contribution in [3.8, 4) is 0 Å². The Kier molecular flexibility index (Phi) is 4.15. The van der Waals surface area contributed by atoms with E-state index in [4.69, 9.17) is 0 Å². The van der Waals surface area contributed by atoms with Crippen molar-refractivity contribution < 1.29 is 9.69 Å². The number of rotatable bonds is 4. The highest BCUT2D eigenvalue weighted by atomic mass is 16.1. The Morgan fingerprint density at radius 1 is 1.29 bits per heavy atom. The molecule has 3 nitrogen and oxygen atoms in total. The molecule has 0 radical (unpaired) electrons. The summed E-state index contributed by atoms with van der Waals surface area (Å²) in [6, 6.07) is 7.91. The molecule has 1 heterocycles. The lowest BCUT2D eigenvalue weighted by Crippen LogP contribution is -3.10. The SMILES string of the molecule is Cc1ccccc1NC(=O)CC[NH+]1CCCC1. The van der Waals surface area contributed by atoms with Crippen LogP contribution in [0.1, 0.15) is 24.8 Å². The van der Waals surface area contributed by atoms with Crippen LogP contribution in [0.5, 0.6) is 0 Å². The van der Waals surface area contributed by atoms with Crippen molar-refractivity contribution in [1.82, 2.24) is 0 Å². The standard InChI is InChI=1S/C14H20N2O/c1-12-6-2-3-7-13(12)15-14(17)8-11-16-9-4-5-10-16/h2-3,6-7H,4-5,8-11H2,1H3,(H,15,17)/p+1. The van der Waals surface area contributed by atoms with E-state index in [2.05, 4.69) is 5.32 Å². The first-order valence-electron chi connectivity index (χ1n) is 6.45. The highest BCUT2D eigenvalue weighted by Gasteiger charge is 2.16. The molecule has 92 valence electrons. The largest absolute Gasteiger partial charge is 0.334 e. The summed E-state index contributed by atoms with van der Waals surface area (Å²) in [6.45, 7) is 5.45. The molecule has 1 aromatic carbocycles. The predicted molar refractivity (Wildman–Crippen MR) is 69.2 cm³/mol. The monoisotopic (exact) mass is 233 g/mol. The van der Waals surface area contributed by atoms with Crippen LogP contribution in [-0.2, 0) is 4.79 Å². The van der Waals surface area contributed by atoms with Gasteiger partial charge in [-0.2, -0.15) is 0 Å². The predicted octanol–water partition coefficient (Wildman–Crippen LogP) is 1.00. The second kappa shape index (κ2) is 5.82. The second-order valence-corrected chi connectivity index (χ2v) is 4.82. The smallest absolute Gasteiger partial charge is 0.230 e. The molecule has 1 amide bonds. The van der Waals surface area contributed by atoms with E-state index in [0.29, 0.717) is 6.42 Å². The van der Waals surface area contributed by atoms with Gasteiger partial charge in [-0.25, -0.2) is 0 Å². The first-order chi connectivity index (χ1) is 8.25. The third-order valence-corrected chi connectivity index (χ3v) is 3.44. The van der Waals surface area contributed by atoms with Gasteiger partial charge in [0.25, 0.3) is 0 Å². The average Bonchev–Trinajstić information content (AvgIpc) is 2.82. The minimum Gasteiger partial charge on any atom is -0.334 e. The number of carbonyl (C=O) groups excluding carboxylic acids is 1. The molecule has 0 unspecified atom stereocenters. The van der Waals surface area contributed by atoms with Crippen molar-refractivity contribution in [1.29, 1.82) is 0 Å². The van der Waals surface area contributed by atoms with Gasteiger partial charge in [-0.05, 0) is 18.6 Å². The Balaban J connectivity index is 1.79. The number of hydrogen-bond acceptors (Lipinski definition) is 1. The maximum atomic E-state index is 11.8. The molecular formula is C14H21N2O+. The van der Waals surface area contributed by atoms with Gasteiger partial charge in [0, 0.05) is 18.5 Å². The second-order valence-electron chi connectivity index (χ2n) is 4.82. The van der Waals surface area contributed by atoms with Gasteiger partial charge in [0.15, 0.2) is 0 Å². The molecule has 1 aromatic rings. The van der Waals surface area contributed by atoms with Crippen molar-refractivity contribution in [2.24, 2.45) is 0 Å². The van der Waals surface area contributed by atoms with Gasteiger partial charge in [0.2, 0.25) is 5.91 Å². The fourth-order valence-electron chi connectivity index (χ4n) is 2.34. The Hall–Kier alpha value is -1.35. The number of nitrogens with one attached hydrogen (secondary N) is 2. The maximum absolute atomic E-state index is 11.8. The first-order valence-corrected chi connectivity index (χ1v) is 6.45. The Morgan fingerprint density at radius 2 is 2.00 bits per heavy atom. The first kappa shape index (κ1) is 12.1. The van der Waals surface area contributed by atoms with Crippen LogP contribution in [0.25, 0.3) is 0 Å². The molecule has 0 atom stereocenters. The molecule has 3 heteroatoms. The fourth-order valence-corrected chi connectivity index (χ4v) is 2.34. The molecule has 0 saturated carbocycles. The van der Waals surface area contributed by atoms with E-state index in [1.165, 1.54) is 25.9 Å². The molecule has 0 aliphatic carbocycles. The zero-order valence-electron chi connectivity index (χ0n) is 10.5. The van der Waals surface area contributed by atoms with E-state index in [-0.39, 0.29) is 5.91 Å². The molecule has 1 aliphatic rings. The molecule has 2 N–H and O–H groups in total. The van der Waals surface area contributed by atoms with E-state index >= 15 is 0 Å². The fraction of sp³-hybridized carbons (Fsp3) is 0.500. The van der Waals surface area contributed by atoms with E-state index < -0.39 is 0 Å². The van der Waals surface area contributed by atoms with Crippen LogP contribution in [0.4, 0.5) is 5.69 Å². The molecule has 1 fully saturated rings. The number of amides is 1. The molecule has 0 aromatic heterocycles. The van der Waals surface area contributed by atoms with Crippen LogP contribution >= 0.6 is 0 Å². The summed E-state index contributed by atoms with van der Waals surface area (Å²) in [7, 11) is 0. The Labute approximate surface area is 103 Å². The number of benzene rings is 1. The number of likely N-dealkylation sites (tertiary alicyclic amines) is 1. The van der Waals surface area contributed by atoms with Crippen LogP contribution in [-0.4, -0.2) is 25.5 Å². The van der Waals surface area contributed by atoms with Gasteiger partial charge in [-0.1, -0.05) is 18.2 Å². The van der Waals surface area contributed by atoms with Gasteiger partial charge in [0.1, 0.15) is 0 Å². The number of hydrogen-bond donors (Lipinski definition) is 2. The van der Waals surface area contributed by atoms with Crippen molar-refractivity contribution in [2.45, 2.75) is 26.2 Å². The minimum atomic E-state index is 0.138. The Bertz CT molecular complexity index is 384. The lowest BCUT2D eigenvalue weighted by atomic mass is 10.2. The zero-order chi connectivity index (χ0) is 12.1. The molecular weight excluding hydrogens is 212 g/mol. The number of aryl methyl sites for hydroxylation is 1. The van der Waals surface area contributed by atoms with Gasteiger partial charge >= 0.3 is 0 Å². The van der Waals surface area contributed by atoms with E-state index in [1.807, 2.05) is 31.2 Å². The van der Waals surface area contributed by atoms with Crippen LogP contribution in [0.2, 0.25) is 0 Å². The summed E-state index contributed by atoms with van der Waals surface area (Å²) in [5, 5.41) is 2.98. The zero-order valence-corrected chi connectivity index (χ0v) is 10.5. The van der Waals surface area contributed by atoms with Gasteiger partial charge in [-0.15, -0.1) is 0 Å². The van der Waals surface area contributed by atoms with Gasteiger partial charge < -0.3 is 10.2 Å². The third kappa shape index (κ3) is 3.56. The quantitative estimate of drug-likeness (QED) is 0.799. The highest BCUT2D eigenvalue weighted by Crippen LogP contribution is 2.12. The summed E-state index contributed by atoms with van der Waals surface area (Å²) in [4.78, 5) is 13.4. The Morgan fingerprint density at radius 3 is 2.71 bits per heavy atom. The normalized spacial score (nSPS) is 16.1. The topological polar surface area (TPSA) is 33.5 Å². The van der Waals surface area contributed by atoms with E-state index in [0.717, 1.165) is 17.8 Å². The summed E-state index contributed by atoms with van der Waals surface area (Å²) in [5.41, 5.74) is 2.06. The lowest BCUT2D eigenvalue weighted by Gasteiger charge is -2.12. The molecule has 2 rings (SSSR count). The molecule has 17 heavy (non-hydrogen) atoms. The molecule has 0 bridgehead atoms. The number of quaternary nitrogens is 1. The van der Waals surface area contributed by atoms with Crippen LogP contribution in [0.3, 0.4) is 0 Å². The number of carbonyl (C=O) groups is 1. The van der Waals surface area contributed by atoms with Gasteiger partial charge in [-0.3, -0.25) is 4.79 Å². The molecule has 0 spiro atoms. The van der Waals surface area contributed by atoms with E-state index in [1.54, 1.807) is 4.90 Å². The van der Waals surface area contributed by atoms with Gasteiger partial charge in [0.05, 0.1) is 26.1 Å². The van der Waals surface area contributed by atoms with Crippen LogP contribution in [0.15, 0.2) is 24.3 Å². The van der Waals surface area contributed by atoms with E-state index in [9.17, 15) is 4.79 Å². The average molecular weight is 233 g/mol. The number of para-hydroxylation sites is 1. The maximum Gasteiger partial charge on any atom is 0.230 e. The molecule has 1 aliphatic heterocycles. The lowest BCUT2D eigenvalue weighted by molar-refractivity contribution is -0.886. The van der Waals surface area contributed by atoms with Crippen molar-refractivity contribution in [3.63, 3.8) is 0 Å². The summed E-state index contributed by atoms with van der Waals surface area (Å²) >= 11 is 0. The molecule has 1 saturated heterocycles. The van der Waals surface area contributed by atoms with Crippen LogP contribution in [0, 0.1) is 6.92 Å². The summed E-state index contributed by atoms with van der Waals surface area (Å²) in [5.74, 6) is 0.138. The van der Waals surface area contributed by atoms with Crippen molar-refractivity contribution in [3.05, 3.63) is 29.8 Å². The summed E-state index contributed by atoms with van der Waals surface area (Å²) < 4.78 is 0. The summed E-state index contributed by atoms with van der Waals surface area (Å²) in [6.07, 6.45) is 3.26. The van der Waals surface area contributed by atoms with Crippen LogP contribution < -0.4 is 10.2 Å². The minimum absolute atomic E-state index is 0.138.